The van der Waals surface area contributed by atoms with E-state index in [0.717, 1.165) is 0 Å². The monoisotopic (exact) mass is 111 g/mol. The Morgan fingerprint density at radius 3 is 2.25 bits per heavy atom. The Hall–Kier alpha value is -0.440. The van der Waals surface area contributed by atoms with Crippen LogP contribution in [0.2, 0.25) is 0 Å². The highest BCUT2D eigenvalue weighted by molar-refractivity contribution is 4.85. The van der Waals surface area contributed by atoms with Crippen LogP contribution in [0.15, 0.2) is 0 Å². The van der Waals surface area contributed by atoms with E-state index < -0.39 is 0 Å². The fourth-order valence-electron chi connectivity index (χ4n) is 0.365. The van der Waals surface area contributed by atoms with Crippen molar-refractivity contribution in [3.8, 4) is 12.3 Å². The normalized spacial score (nSPS) is 16.5. The molecular weight excluding hydrogens is 96.1 g/mol. The molecule has 0 bridgehead atoms. The summed E-state index contributed by atoms with van der Waals surface area (Å²) in [6, 6.07) is 0. The Morgan fingerprint density at radius 1 is 1.62 bits per heavy atom. The lowest BCUT2D eigenvalue weighted by Crippen LogP contribution is -2.02. The van der Waals surface area contributed by atoms with Crippen LogP contribution in [0.4, 0.5) is 0 Å². The maximum atomic E-state index is 7.48. The quantitative estimate of drug-likeness (QED) is 0.456. The third-order valence-corrected chi connectivity index (χ3v) is 0.832. The molecule has 46 valence electrons. The van der Waals surface area contributed by atoms with Gasteiger partial charge in [0.25, 0.3) is 0 Å². The SMILES string of the molecule is [2H]C(CC#C)C(C)(C)C. The van der Waals surface area contributed by atoms with Gasteiger partial charge in [0.05, 0.1) is 0 Å². The second kappa shape index (κ2) is 2.77. The maximum Gasteiger partial charge on any atom is 0.0282 e. The van der Waals surface area contributed by atoms with Gasteiger partial charge in [-0.3, -0.25) is 0 Å². The Bertz CT molecular complexity index is 114. The topological polar surface area (TPSA) is 0 Å². The van der Waals surface area contributed by atoms with E-state index in [0.29, 0.717) is 6.42 Å². The lowest BCUT2D eigenvalue weighted by molar-refractivity contribution is 0.384. The van der Waals surface area contributed by atoms with Gasteiger partial charge in [-0.15, -0.1) is 12.3 Å². The van der Waals surface area contributed by atoms with Crippen LogP contribution in [0.5, 0.6) is 0 Å². The number of rotatable bonds is 1. The van der Waals surface area contributed by atoms with Gasteiger partial charge in [-0.2, -0.15) is 0 Å². The summed E-state index contributed by atoms with van der Waals surface area (Å²) >= 11 is 0. The highest BCUT2D eigenvalue weighted by atomic mass is 14.1. The molecule has 0 rings (SSSR count). The molecule has 8 heavy (non-hydrogen) atoms. The summed E-state index contributed by atoms with van der Waals surface area (Å²) in [5.41, 5.74) is 0.0341. The molecular formula is C8H14. The molecule has 0 amide bonds. The lowest BCUT2D eigenvalue weighted by atomic mass is 9.91. The summed E-state index contributed by atoms with van der Waals surface area (Å²) in [7, 11) is 0. The van der Waals surface area contributed by atoms with E-state index >= 15 is 0 Å². The molecule has 0 saturated heterocycles. The molecule has 0 spiro atoms. The van der Waals surface area contributed by atoms with Crippen LogP contribution in [0.3, 0.4) is 0 Å². The summed E-state index contributed by atoms with van der Waals surface area (Å²) in [4.78, 5) is 0. The average Bonchev–Trinajstić information content (AvgIpc) is 1.64. The third kappa shape index (κ3) is 5.56. The third-order valence-electron chi connectivity index (χ3n) is 0.832. The van der Waals surface area contributed by atoms with Crippen molar-refractivity contribution in [2.75, 3.05) is 0 Å². The van der Waals surface area contributed by atoms with E-state index in [4.69, 9.17) is 7.79 Å². The second-order valence-electron chi connectivity index (χ2n) is 2.98. The first kappa shape index (κ1) is 5.69. The molecule has 0 saturated carbocycles. The van der Waals surface area contributed by atoms with Gasteiger partial charge in [-0.05, 0) is 11.8 Å². The minimum absolute atomic E-state index is 0.0341. The lowest BCUT2D eigenvalue weighted by Gasteiger charge is -2.14. The predicted octanol–water partition coefficient (Wildman–Crippen LogP) is 2.45. The van der Waals surface area contributed by atoms with Crippen LogP contribution in [0, 0.1) is 17.8 Å². The van der Waals surface area contributed by atoms with Crippen molar-refractivity contribution >= 4 is 0 Å². The first-order valence-corrected chi connectivity index (χ1v) is 2.84. The summed E-state index contributed by atoms with van der Waals surface area (Å²) in [5.74, 6) is 2.49. The zero-order valence-corrected chi connectivity index (χ0v) is 5.86. The zero-order valence-electron chi connectivity index (χ0n) is 6.86. The van der Waals surface area contributed by atoms with E-state index in [2.05, 4.69) is 5.92 Å². The number of hydrogen-bond acceptors (Lipinski definition) is 0. The Morgan fingerprint density at radius 2 is 2.12 bits per heavy atom. The van der Waals surface area contributed by atoms with Crippen LogP contribution in [0.1, 0.15) is 35.0 Å². The van der Waals surface area contributed by atoms with Crippen molar-refractivity contribution in [1.82, 2.24) is 0 Å². The summed E-state index contributed by atoms with van der Waals surface area (Å²) < 4.78 is 7.48. The minimum Gasteiger partial charge on any atom is -0.120 e. The van der Waals surface area contributed by atoms with Gasteiger partial charge in [0.1, 0.15) is 0 Å². The molecule has 0 heterocycles. The fraction of sp³-hybridized carbons (Fsp3) is 0.750. The van der Waals surface area contributed by atoms with Crippen molar-refractivity contribution in [2.45, 2.75) is 33.6 Å². The molecule has 0 aliphatic heterocycles. The smallest absolute Gasteiger partial charge is 0.0282 e. The van der Waals surface area contributed by atoms with Crippen LogP contribution >= 0.6 is 0 Å². The first-order valence-electron chi connectivity index (χ1n) is 3.42. The van der Waals surface area contributed by atoms with Crippen molar-refractivity contribution in [1.29, 1.82) is 0 Å². The highest BCUT2D eigenvalue weighted by Crippen LogP contribution is 2.19. The summed E-state index contributed by atoms with van der Waals surface area (Å²) in [6.45, 7) is 6.09. The van der Waals surface area contributed by atoms with Crippen LogP contribution < -0.4 is 0 Å². The van der Waals surface area contributed by atoms with Crippen molar-refractivity contribution in [2.24, 2.45) is 5.41 Å². The van der Waals surface area contributed by atoms with E-state index in [1.807, 2.05) is 20.8 Å². The molecule has 1 atom stereocenters. The molecule has 0 fully saturated rings. The standard InChI is InChI=1S/C8H14/c1-5-6-7-8(2,3)4/h1H,6-7H2,2-4H3/i7D. The molecule has 0 aliphatic rings. The molecule has 0 aromatic carbocycles. The van der Waals surface area contributed by atoms with Crippen molar-refractivity contribution < 1.29 is 1.37 Å². The van der Waals surface area contributed by atoms with E-state index in [-0.39, 0.29) is 11.8 Å². The van der Waals surface area contributed by atoms with Crippen LogP contribution in [0.25, 0.3) is 0 Å². The molecule has 0 heteroatoms. The molecule has 0 N–H and O–H groups in total. The van der Waals surface area contributed by atoms with Gasteiger partial charge in [-0.25, -0.2) is 0 Å². The fourth-order valence-corrected chi connectivity index (χ4v) is 0.365. The van der Waals surface area contributed by atoms with Crippen molar-refractivity contribution in [3.05, 3.63) is 0 Å². The number of terminal acetylenes is 1. The minimum atomic E-state index is -0.123. The second-order valence-corrected chi connectivity index (χ2v) is 2.98. The van der Waals surface area contributed by atoms with Crippen molar-refractivity contribution in [3.63, 3.8) is 0 Å². The molecule has 0 radical (unpaired) electrons. The molecule has 1 unspecified atom stereocenters. The van der Waals surface area contributed by atoms with Gasteiger partial charge < -0.3 is 0 Å². The zero-order chi connectivity index (χ0) is 7.49. The van der Waals surface area contributed by atoms with Gasteiger partial charge in [0.2, 0.25) is 0 Å². The summed E-state index contributed by atoms with van der Waals surface area (Å²) in [6.07, 6.45) is 5.49. The first-order chi connectivity index (χ1) is 3.98. The van der Waals surface area contributed by atoms with E-state index in [1.54, 1.807) is 0 Å². The van der Waals surface area contributed by atoms with Gasteiger partial charge in [0.15, 0.2) is 0 Å². The van der Waals surface area contributed by atoms with Crippen LogP contribution in [-0.4, -0.2) is 0 Å². The molecule has 0 nitrogen and oxygen atoms in total. The van der Waals surface area contributed by atoms with Gasteiger partial charge in [0, 0.05) is 7.79 Å². The highest BCUT2D eigenvalue weighted by Gasteiger charge is 2.07. The largest absolute Gasteiger partial charge is 0.120 e. The Kier molecular flexibility index (Phi) is 1.97. The number of hydrogen-bond donors (Lipinski definition) is 0. The van der Waals surface area contributed by atoms with Gasteiger partial charge in [-0.1, -0.05) is 20.8 Å². The summed E-state index contributed by atoms with van der Waals surface area (Å²) in [5, 5.41) is 0. The van der Waals surface area contributed by atoms with E-state index in [9.17, 15) is 0 Å². The van der Waals surface area contributed by atoms with Crippen LogP contribution in [-0.2, 0) is 0 Å². The molecule has 0 aromatic rings. The predicted molar refractivity (Wildman–Crippen MR) is 37.5 cm³/mol. The molecule has 0 aromatic heterocycles. The Balaban J connectivity index is 3.76. The Labute approximate surface area is 53.7 Å². The van der Waals surface area contributed by atoms with E-state index in [1.165, 1.54) is 0 Å². The molecule has 0 aliphatic carbocycles. The maximum absolute atomic E-state index is 7.48. The van der Waals surface area contributed by atoms with Gasteiger partial charge >= 0.3 is 0 Å². The average molecular weight is 111 g/mol.